The largest absolute Gasteiger partial charge is 0.361 e. The van der Waals surface area contributed by atoms with Gasteiger partial charge in [0.25, 0.3) is 5.56 Å². The molecule has 0 radical (unpaired) electrons. The van der Waals surface area contributed by atoms with E-state index < -0.39 is 5.56 Å². The molecule has 2 aromatic heterocycles. The lowest BCUT2D eigenvalue weighted by molar-refractivity contribution is -0.118. The smallest absolute Gasteiger partial charge is 0.280 e. The average Bonchev–Trinajstić information content (AvgIpc) is 2.79. The summed E-state index contributed by atoms with van der Waals surface area (Å²) in [5, 5.41) is 2.56. The van der Waals surface area contributed by atoms with Gasteiger partial charge in [0.15, 0.2) is 11.2 Å². The highest BCUT2D eigenvalue weighted by molar-refractivity contribution is 5.90. The summed E-state index contributed by atoms with van der Waals surface area (Å²) >= 11 is 0. The minimum atomic E-state index is -0.399. The number of hydrogen-bond donors (Lipinski definition) is 2. The normalized spacial score (nSPS) is 11.2. The first-order chi connectivity index (χ1) is 9.52. The first-order valence-corrected chi connectivity index (χ1v) is 6.36. The fourth-order valence-electron chi connectivity index (χ4n) is 1.56. The van der Waals surface area contributed by atoms with Crippen molar-refractivity contribution in [2.75, 3.05) is 11.9 Å². The summed E-state index contributed by atoms with van der Waals surface area (Å²) in [4.78, 5) is 34.2. The maximum absolute atomic E-state index is 11.9. The molecule has 0 spiro atoms. The highest BCUT2D eigenvalue weighted by Gasteiger charge is 2.13. The number of nitrogens with one attached hydrogen (secondary N) is 2. The molecule has 2 heterocycles. The molecule has 0 saturated heterocycles. The van der Waals surface area contributed by atoms with Crippen molar-refractivity contribution in [2.24, 2.45) is 5.92 Å². The van der Waals surface area contributed by atoms with Gasteiger partial charge in [-0.05, 0) is 6.92 Å². The number of carbonyl (C=O) groups is 1. The molecule has 0 aliphatic heterocycles. The lowest BCUT2D eigenvalue weighted by Crippen LogP contribution is -2.22. The standard InChI is InChI=1S/C12H17N5O3/c1-4-20-6-17-5-13-8-9(17)14-12(16-11(8)19)15-10(18)7(2)3/h5,7H,4,6H2,1-3H3,(H2,14,15,16,18,19). The Balaban J connectivity index is 2.38. The Kier molecular flexibility index (Phi) is 4.14. The SMILES string of the molecule is CCOCn1cnc2c(=O)[nH]c(NC(=O)C(C)C)nc21. The summed E-state index contributed by atoms with van der Waals surface area (Å²) in [6.45, 7) is 6.17. The Bertz CT molecular complexity index is 673. The number of H-pyrrole nitrogens is 1. The highest BCUT2D eigenvalue weighted by atomic mass is 16.5. The van der Waals surface area contributed by atoms with Crippen molar-refractivity contribution in [3.8, 4) is 0 Å². The first kappa shape index (κ1) is 14.2. The van der Waals surface area contributed by atoms with Gasteiger partial charge in [-0.1, -0.05) is 13.8 Å². The molecule has 8 heteroatoms. The van der Waals surface area contributed by atoms with E-state index in [4.69, 9.17) is 4.74 Å². The molecular formula is C12H17N5O3. The van der Waals surface area contributed by atoms with Crippen LogP contribution in [0.4, 0.5) is 5.95 Å². The van der Waals surface area contributed by atoms with Crippen LogP contribution in [0.3, 0.4) is 0 Å². The molecule has 8 nitrogen and oxygen atoms in total. The lowest BCUT2D eigenvalue weighted by Gasteiger charge is -2.07. The fraction of sp³-hybridized carbons (Fsp3) is 0.500. The molecule has 0 fully saturated rings. The van der Waals surface area contributed by atoms with Gasteiger partial charge in [0.2, 0.25) is 11.9 Å². The maximum Gasteiger partial charge on any atom is 0.280 e. The van der Waals surface area contributed by atoms with E-state index in [-0.39, 0.29) is 30.0 Å². The van der Waals surface area contributed by atoms with Crippen LogP contribution in [0.5, 0.6) is 0 Å². The zero-order valence-corrected chi connectivity index (χ0v) is 11.6. The van der Waals surface area contributed by atoms with Gasteiger partial charge in [-0.25, -0.2) is 4.98 Å². The van der Waals surface area contributed by atoms with E-state index in [2.05, 4.69) is 20.3 Å². The number of aromatic nitrogens is 4. The van der Waals surface area contributed by atoms with Crippen LogP contribution in [0.2, 0.25) is 0 Å². The Morgan fingerprint density at radius 2 is 2.30 bits per heavy atom. The highest BCUT2D eigenvalue weighted by Crippen LogP contribution is 2.08. The zero-order valence-electron chi connectivity index (χ0n) is 11.6. The number of nitrogens with zero attached hydrogens (tertiary/aromatic N) is 3. The Morgan fingerprint density at radius 1 is 1.55 bits per heavy atom. The summed E-state index contributed by atoms with van der Waals surface area (Å²) < 4.78 is 6.88. The molecule has 0 unspecified atom stereocenters. The monoisotopic (exact) mass is 279 g/mol. The van der Waals surface area contributed by atoms with Crippen molar-refractivity contribution in [3.63, 3.8) is 0 Å². The van der Waals surface area contributed by atoms with Crippen LogP contribution in [0.15, 0.2) is 11.1 Å². The van der Waals surface area contributed by atoms with Gasteiger partial charge in [-0.3, -0.25) is 24.5 Å². The fourth-order valence-corrected chi connectivity index (χ4v) is 1.56. The number of imidazole rings is 1. The number of aromatic amines is 1. The van der Waals surface area contributed by atoms with Crippen molar-refractivity contribution in [3.05, 3.63) is 16.7 Å². The second-order valence-corrected chi connectivity index (χ2v) is 4.57. The molecular weight excluding hydrogens is 262 g/mol. The quantitative estimate of drug-likeness (QED) is 0.839. The Hall–Kier alpha value is -2.22. The topological polar surface area (TPSA) is 102 Å². The van der Waals surface area contributed by atoms with Gasteiger partial charge >= 0.3 is 0 Å². The molecule has 1 amide bonds. The minimum absolute atomic E-state index is 0.111. The third kappa shape index (κ3) is 2.85. The van der Waals surface area contributed by atoms with Crippen LogP contribution in [0, 0.1) is 5.92 Å². The molecule has 20 heavy (non-hydrogen) atoms. The van der Waals surface area contributed by atoms with Crippen LogP contribution < -0.4 is 10.9 Å². The van der Waals surface area contributed by atoms with E-state index in [0.717, 1.165) is 0 Å². The molecule has 0 aliphatic rings. The van der Waals surface area contributed by atoms with Gasteiger partial charge in [0.1, 0.15) is 6.73 Å². The summed E-state index contributed by atoms with van der Waals surface area (Å²) in [6.07, 6.45) is 1.48. The molecule has 2 rings (SSSR count). The molecule has 0 atom stereocenters. The number of ether oxygens (including phenoxy) is 1. The Morgan fingerprint density at radius 3 is 2.95 bits per heavy atom. The third-order valence-electron chi connectivity index (χ3n) is 2.68. The van der Waals surface area contributed by atoms with Crippen LogP contribution >= 0.6 is 0 Å². The van der Waals surface area contributed by atoms with E-state index in [1.54, 1.807) is 18.4 Å². The molecule has 108 valence electrons. The summed E-state index contributed by atoms with van der Waals surface area (Å²) in [5.74, 6) is -0.313. The minimum Gasteiger partial charge on any atom is -0.361 e. The summed E-state index contributed by atoms with van der Waals surface area (Å²) in [7, 11) is 0. The molecule has 2 aromatic rings. The number of rotatable bonds is 5. The third-order valence-corrected chi connectivity index (χ3v) is 2.68. The number of carbonyl (C=O) groups excluding carboxylic acids is 1. The van der Waals surface area contributed by atoms with Gasteiger partial charge < -0.3 is 4.74 Å². The van der Waals surface area contributed by atoms with Crippen LogP contribution in [-0.4, -0.2) is 32.0 Å². The van der Waals surface area contributed by atoms with Crippen molar-refractivity contribution < 1.29 is 9.53 Å². The van der Waals surface area contributed by atoms with Crippen LogP contribution in [0.1, 0.15) is 20.8 Å². The van der Waals surface area contributed by atoms with E-state index in [9.17, 15) is 9.59 Å². The maximum atomic E-state index is 11.9. The van der Waals surface area contributed by atoms with E-state index >= 15 is 0 Å². The van der Waals surface area contributed by atoms with Crippen molar-refractivity contribution in [1.29, 1.82) is 0 Å². The molecule has 0 aromatic carbocycles. The predicted molar refractivity (Wildman–Crippen MR) is 73.2 cm³/mol. The van der Waals surface area contributed by atoms with Crippen LogP contribution in [0.25, 0.3) is 11.2 Å². The van der Waals surface area contributed by atoms with E-state index in [1.807, 2.05) is 6.92 Å². The predicted octanol–water partition coefficient (Wildman–Crippen LogP) is 0.708. The second-order valence-electron chi connectivity index (χ2n) is 4.57. The van der Waals surface area contributed by atoms with E-state index in [1.165, 1.54) is 6.33 Å². The second kappa shape index (κ2) is 5.83. The zero-order chi connectivity index (χ0) is 14.7. The van der Waals surface area contributed by atoms with Crippen molar-refractivity contribution >= 4 is 23.0 Å². The van der Waals surface area contributed by atoms with Gasteiger partial charge in [0.05, 0.1) is 6.33 Å². The summed E-state index contributed by atoms with van der Waals surface area (Å²) in [5.41, 5.74) is 0.192. The summed E-state index contributed by atoms with van der Waals surface area (Å²) in [6, 6.07) is 0. The van der Waals surface area contributed by atoms with E-state index in [0.29, 0.717) is 12.3 Å². The number of amides is 1. The molecule has 0 bridgehead atoms. The number of anilines is 1. The lowest BCUT2D eigenvalue weighted by atomic mass is 10.2. The molecule has 0 aliphatic carbocycles. The van der Waals surface area contributed by atoms with Crippen molar-refractivity contribution in [1.82, 2.24) is 19.5 Å². The van der Waals surface area contributed by atoms with Crippen LogP contribution in [-0.2, 0) is 16.3 Å². The number of fused-ring (bicyclic) bond motifs is 1. The molecule has 2 N–H and O–H groups in total. The Labute approximate surface area is 115 Å². The average molecular weight is 279 g/mol. The first-order valence-electron chi connectivity index (χ1n) is 6.36. The van der Waals surface area contributed by atoms with Gasteiger partial charge in [-0.2, -0.15) is 4.98 Å². The van der Waals surface area contributed by atoms with Gasteiger partial charge in [-0.15, -0.1) is 0 Å². The van der Waals surface area contributed by atoms with Crippen molar-refractivity contribution in [2.45, 2.75) is 27.5 Å². The molecule has 0 saturated carbocycles. The number of hydrogen-bond acceptors (Lipinski definition) is 5. The van der Waals surface area contributed by atoms with Gasteiger partial charge in [0, 0.05) is 12.5 Å².